The van der Waals surface area contributed by atoms with E-state index in [-0.39, 0.29) is 11.1 Å². The van der Waals surface area contributed by atoms with Crippen molar-refractivity contribution in [2.24, 2.45) is 0 Å². The highest BCUT2D eigenvalue weighted by Crippen LogP contribution is 2.17. The smallest absolute Gasteiger partial charge is 0.350 e. The molecule has 204 valence electrons. The Bertz CT molecular complexity index is 777. The van der Waals surface area contributed by atoms with Crippen molar-refractivity contribution in [1.29, 1.82) is 0 Å². The number of carboxylic acids is 1. The van der Waals surface area contributed by atoms with Crippen molar-refractivity contribution < 1.29 is 61.2 Å². The zero-order valence-electron chi connectivity index (χ0n) is 21.1. The van der Waals surface area contributed by atoms with E-state index in [1.807, 2.05) is 0 Å². The van der Waals surface area contributed by atoms with Crippen LogP contribution in [0.5, 0.6) is 0 Å². The molecule has 0 unspecified atom stereocenters. The maximum Gasteiger partial charge on any atom is 0.350 e. The van der Waals surface area contributed by atoms with Crippen LogP contribution in [-0.4, -0.2) is 70.4 Å². The fourth-order valence-electron chi connectivity index (χ4n) is 1.09. The third-order valence-electron chi connectivity index (χ3n) is 3.13. The quantitative estimate of drug-likeness (QED) is 0.203. The highest BCUT2D eigenvalue weighted by molar-refractivity contribution is 5.91. The van der Waals surface area contributed by atoms with Gasteiger partial charge in [-0.1, -0.05) is 13.2 Å². The zero-order valence-corrected chi connectivity index (χ0v) is 21.1. The van der Waals surface area contributed by atoms with Gasteiger partial charge >= 0.3 is 23.9 Å². The van der Waals surface area contributed by atoms with Gasteiger partial charge in [-0.05, 0) is 41.5 Å². The fraction of sp³-hybridized carbons (Fsp3) is 0.636. The first-order valence-electron chi connectivity index (χ1n) is 9.84. The molecule has 0 amide bonds. The number of aliphatic hydroxyl groups excluding tert-OH is 1. The summed E-state index contributed by atoms with van der Waals surface area (Å²) < 4.78 is 61.1. The molecule has 0 radical (unpaired) electrons. The maximum atomic E-state index is 12.5. The molecule has 0 aromatic rings. The number of carbonyl (C=O) groups is 4. The summed E-state index contributed by atoms with van der Waals surface area (Å²) in [5.41, 5.74) is -2.83. The molecule has 0 rings (SSSR count). The number of rotatable bonds is 9. The van der Waals surface area contributed by atoms with Crippen LogP contribution in [0.4, 0.5) is 17.6 Å². The van der Waals surface area contributed by atoms with Crippen LogP contribution in [0.1, 0.15) is 55.4 Å². The Morgan fingerprint density at radius 3 is 1.29 bits per heavy atom. The SMILES string of the molecule is C=C(C)C(=O)OC(C)(C)C(=O)O.C=C(C)C(=O)OC(C)(C)C(=O)OCC(C)(F)F.CC(F)(F)CO. The molecule has 0 aromatic carbocycles. The average molecular weight is 518 g/mol. The highest BCUT2D eigenvalue weighted by atomic mass is 19.3. The summed E-state index contributed by atoms with van der Waals surface area (Å²) in [5, 5.41) is 16.2. The molecule has 0 bridgehead atoms. The van der Waals surface area contributed by atoms with Crippen molar-refractivity contribution in [1.82, 2.24) is 0 Å². The Kier molecular flexibility index (Phi) is 15.1. The molecule has 0 saturated heterocycles. The lowest BCUT2D eigenvalue weighted by molar-refractivity contribution is -0.182. The lowest BCUT2D eigenvalue weighted by atomic mass is 10.1. The van der Waals surface area contributed by atoms with E-state index in [2.05, 4.69) is 22.6 Å². The number of aliphatic carboxylic acids is 1. The van der Waals surface area contributed by atoms with E-state index in [1.54, 1.807) is 0 Å². The lowest BCUT2D eigenvalue weighted by Gasteiger charge is -2.23. The minimum Gasteiger partial charge on any atom is -0.478 e. The van der Waals surface area contributed by atoms with E-state index in [0.29, 0.717) is 13.8 Å². The molecule has 0 aliphatic rings. The van der Waals surface area contributed by atoms with Crippen LogP contribution in [0.15, 0.2) is 24.3 Å². The Balaban J connectivity index is -0.000000493. The van der Waals surface area contributed by atoms with E-state index in [0.717, 1.165) is 0 Å². The van der Waals surface area contributed by atoms with Crippen LogP contribution in [0.3, 0.4) is 0 Å². The van der Waals surface area contributed by atoms with Gasteiger partial charge in [-0.3, -0.25) is 0 Å². The zero-order chi connectivity index (χ0) is 29.0. The first-order valence-corrected chi connectivity index (χ1v) is 9.84. The topological polar surface area (TPSA) is 136 Å². The summed E-state index contributed by atoms with van der Waals surface area (Å²) in [7, 11) is 0. The standard InChI is InChI=1S/C11H16F2O4.C8H12O4.C3H6F2O/c1-7(2)8(14)17-10(3,4)9(15)16-6-11(5,12)13;1-5(2)6(9)12-8(3,4)7(10)11;1-3(4,5)2-6/h1,6H2,2-5H3;1H2,2-4H3,(H,10,11);6H,2H2,1H3. The molecule has 0 fully saturated rings. The van der Waals surface area contributed by atoms with Crippen LogP contribution in [0.25, 0.3) is 0 Å². The predicted octanol–water partition coefficient (Wildman–Crippen LogP) is 3.69. The average Bonchev–Trinajstić information content (AvgIpc) is 2.64. The van der Waals surface area contributed by atoms with Crippen LogP contribution in [-0.2, 0) is 33.4 Å². The number of hydrogen-bond donors (Lipinski definition) is 2. The molecule has 2 N–H and O–H groups in total. The summed E-state index contributed by atoms with van der Waals surface area (Å²) in [6, 6.07) is 0. The Morgan fingerprint density at radius 2 is 1.06 bits per heavy atom. The fourth-order valence-corrected chi connectivity index (χ4v) is 1.09. The number of ether oxygens (including phenoxy) is 3. The van der Waals surface area contributed by atoms with E-state index < -0.39 is 60.1 Å². The molecule has 0 aliphatic heterocycles. The van der Waals surface area contributed by atoms with Gasteiger partial charge < -0.3 is 24.4 Å². The number of carboxylic acid groups (broad SMARTS) is 1. The molecule has 13 heteroatoms. The van der Waals surface area contributed by atoms with Gasteiger partial charge in [0.15, 0.2) is 6.61 Å². The van der Waals surface area contributed by atoms with Crippen molar-refractivity contribution in [2.45, 2.75) is 78.4 Å². The third kappa shape index (κ3) is 20.2. The second-order valence-corrected chi connectivity index (χ2v) is 8.54. The normalized spacial score (nSPS) is 11.5. The largest absolute Gasteiger partial charge is 0.478 e. The number of esters is 3. The van der Waals surface area contributed by atoms with Gasteiger partial charge in [0.05, 0.1) is 0 Å². The van der Waals surface area contributed by atoms with Gasteiger partial charge in [-0.2, -0.15) is 0 Å². The van der Waals surface area contributed by atoms with Gasteiger partial charge in [0.1, 0.15) is 6.61 Å². The molecule has 0 atom stereocenters. The van der Waals surface area contributed by atoms with Crippen molar-refractivity contribution in [3.05, 3.63) is 24.3 Å². The molecule has 0 heterocycles. The van der Waals surface area contributed by atoms with Crippen molar-refractivity contribution in [2.75, 3.05) is 13.2 Å². The number of aliphatic hydroxyl groups is 1. The lowest BCUT2D eigenvalue weighted by Crippen LogP contribution is -2.40. The maximum absolute atomic E-state index is 12.5. The second kappa shape index (κ2) is 14.4. The third-order valence-corrected chi connectivity index (χ3v) is 3.13. The first kappa shape index (κ1) is 36.6. The van der Waals surface area contributed by atoms with Gasteiger partial charge in [-0.25, -0.2) is 36.7 Å². The molecular weight excluding hydrogens is 484 g/mol. The molecule has 0 aliphatic carbocycles. The Morgan fingerprint density at radius 1 is 0.743 bits per heavy atom. The van der Waals surface area contributed by atoms with E-state index in [1.165, 1.54) is 41.5 Å². The molecule has 0 saturated carbocycles. The molecular formula is C22H34F4O9. The number of carbonyl (C=O) groups excluding carboxylic acids is 3. The summed E-state index contributed by atoms with van der Waals surface area (Å²) in [6.07, 6.45) is 0. The summed E-state index contributed by atoms with van der Waals surface area (Å²) in [6.45, 7) is 13.8. The van der Waals surface area contributed by atoms with E-state index in [9.17, 15) is 36.7 Å². The Hall–Kier alpha value is -2.96. The van der Waals surface area contributed by atoms with Crippen LogP contribution >= 0.6 is 0 Å². The first-order chi connectivity index (χ1) is 15.3. The molecule has 9 nitrogen and oxygen atoms in total. The van der Waals surface area contributed by atoms with Crippen molar-refractivity contribution in [3.8, 4) is 0 Å². The van der Waals surface area contributed by atoms with Crippen LogP contribution in [0, 0.1) is 0 Å². The second-order valence-electron chi connectivity index (χ2n) is 8.54. The predicted molar refractivity (Wildman–Crippen MR) is 117 cm³/mol. The highest BCUT2D eigenvalue weighted by Gasteiger charge is 2.36. The van der Waals surface area contributed by atoms with Gasteiger partial charge in [0.25, 0.3) is 11.8 Å². The van der Waals surface area contributed by atoms with Crippen molar-refractivity contribution >= 4 is 23.9 Å². The molecule has 35 heavy (non-hydrogen) atoms. The number of halogens is 4. The number of hydrogen-bond acceptors (Lipinski definition) is 8. The van der Waals surface area contributed by atoms with Gasteiger partial charge in [0.2, 0.25) is 11.2 Å². The van der Waals surface area contributed by atoms with Crippen molar-refractivity contribution in [3.63, 3.8) is 0 Å². The number of alkyl halides is 4. The van der Waals surface area contributed by atoms with E-state index in [4.69, 9.17) is 14.9 Å². The minimum absolute atomic E-state index is 0.103. The molecule has 0 aromatic heterocycles. The Labute approximate surface area is 201 Å². The van der Waals surface area contributed by atoms with Crippen LogP contribution in [0.2, 0.25) is 0 Å². The summed E-state index contributed by atoms with van der Waals surface area (Å²) in [5.74, 6) is -9.72. The summed E-state index contributed by atoms with van der Waals surface area (Å²) in [4.78, 5) is 43.9. The monoisotopic (exact) mass is 518 g/mol. The minimum atomic E-state index is -3.12. The van der Waals surface area contributed by atoms with E-state index >= 15 is 0 Å². The van der Waals surface area contributed by atoms with Gasteiger partial charge in [0, 0.05) is 25.0 Å². The summed E-state index contributed by atoms with van der Waals surface area (Å²) >= 11 is 0. The van der Waals surface area contributed by atoms with Crippen LogP contribution < -0.4 is 0 Å². The molecule has 0 spiro atoms. The van der Waals surface area contributed by atoms with Gasteiger partial charge in [-0.15, -0.1) is 0 Å².